The quantitative estimate of drug-likeness (QED) is 0.758. The Morgan fingerprint density at radius 1 is 1.27 bits per heavy atom. The number of oxazole rings is 1. The molecule has 0 aliphatic rings. The van der Waals surface area contributed by atoms with Crippen LogP contribution >= 0.6 is 0 Å². The molecule has 0 spiro atoms. The standard InChI is InChI=1S/C10H11NO2.C2H6/c1-2-7-11-8-5-3-4-6-9(8)13-10(11)12;1-2/h3-6H,2,7H2,1H3;1-2H3. The van der Waals surface area contributed by atoms with E-state index in [0.717, 1.165) is 18.5 Å². The normalized spacial score (nSPS) is 9.80. The number of aromatic nitrogens is 1. The number of hydrogen-bond acceptors (Lipinski definition) is 2. The number of benzene rings is 1. The van der Waals surface area contributed by atoms with Gasteiger partial charge >= 0.3 is 5.76 Å². The molecule has 15 heavy (non-hydrogen) atoms. The van der Waals surface area contributed by atoms with Crippen LogP contribution in [0.3, 0.4) is 0 Å². The number of fused-ring (bicyclic) bond motifs is 1. The molecule has 1 aromatic carbocycles. The fourth-order valence-electron chi connectivity index (χ4n) is 1.45. The Kier molecular flexibility index (Phi) is 4.16. The van der Waals surface area contributed by atoms with Crippen molar-refractivity contribution in [3.05, 3.63) is 34.8 Å². The maximum atomic E-state index is 11.3. The van der Waals surface area contributed by atoms with Gasteiger partial charge in [0.2, 0.25) is 0 Å². The number of para-hydroxylation sites is 2. The first kappa shape index (κ1) is 11.6. The SMILES string of the molecule is CC.CCCn1c(=O)oc2ccccc21. The first-order valence-corrected chi connectivity index (χ1v) is 5.41. The van der Waals surface area contributed by atoms with Crippen LogP contribution in [0.4, 0.5) is 0 Å². The van der Waals surface area contributed by atoms with Gasteiger partial charge < -0.3 is 4.42 Å². The molecule has 0 radical (unpaired) electrons. The lowest BCUT2D eigenvalue weighted by Crippen LogP contribution is -2.13. The zero-order chi connectivity index (χ0) is 11.3. The summed E-state index contributed by atoms with van der Waals surface area (Å²) in [6, 6.07) is 7.48. The van der Waals surface area contributed by atoms with E-state index in [4.69, 9.17) is 4.42 Å². The summed E-state index contributed by atoms with van der Waals surface area (Å²) in [5.41, 5.74) is 1.55. The van der Waals surface area contributed by atoms with E-state index in [9.17, 15) is 4.79 Å². The van der Waals surface area contributed by atoms with Crippen LogP contribution in [0.1, 0.15) is 27.2 Å². The van der Waals surface area contributed by atoms with E-state index in [-0.39, 0.29) is 5.76 Å². The van der Waals surface area contributed by atoms with E-state index in [2.05, 4.69) is 0 Å². The molecule has 0 N–H and O–H groups in total. The number of aryl methyl sites for hydroxylation is 1. The average molecular weight is 207 g/mol. The van der Waals surface area contributed by atoms with Crippen molar-refractivity contribution in [3.63, 3.8) is 0 Å². The van der Waals surface area contributed by atoms with Crippen molar-refractivity contribution in [2.75, 3.05) is 0 Å². The van der Waals surface area contributed by atoms with Crippen LogP contribution in [0, 0.1) is 0 Å². The molecule has 2 rings (SSSR count). The van der Waals surface area contributed by atoms with Crippen molar-refractivity contribution < 1.29 is 4.42 Å². The molecule has 0 unspecified atom stereocenters. The van der Waals surface area contributed by atoms with Gasteiger partial charge in [-0.15, -0.1) is 0 Å². The minimum Gasteiger partial charge on any atom is -0.408 e. The van der Waals surface area contributed by atoms with E-state index < -0.39 is 0 Å². The van der Waals surface area contributed by atoms with E-state index >= 15 is 0 Å². The van der Waals surface area contributed by atoms with Gasteiger partial charge in [-0.2, -0.15) is 0 Å². The molecule has 0 saturated heterocycles. The lowest BCUT2D eigenvalue weighted by Gasteiger charge is -1.96. The molecule has 1 aromatic heterocycles. The zero-order valence-electron chi connectivity index (χ0n) is 9.49. The van der Waals surface area contributed by atoms with Crippen molar-refractivity contribution in [1.82, 2.24) is 4.57 Å². The van der Waals surface area contributed by atoms with Crippen molar-refractivity contribution in [3.8, 4) is 0 Å². The van der Waals surface area contributed by atoms with Crippen molar-refractivity contribution in [2.45, 2.75) is 33.7 Å². The van der Waals surface area contributed by atoms with Crippen LogP contribution in [-0.2, 0) is 6.54 Å². The summed E-state index contributed by atoms with van der Waals surface area (Å²) in [4.78, 5) is 11.3. The fourth-order valence-corrected chi connectivity index (χ4v) is 1.45. The van der Waals surface area contributed by atoms with Crippen LogP contribution in [0.5, 0.6) is 0 Å². The highest BCUT2D eigenvalue weighted by molar-refractivity contribution is 5.72. The van der Waals surface area contributed by atoms with Gasteiger partial charge in [-0.05, 0) is 18.6 Å². The smallest absolute Gasteiger partial charge is 0.408 e. The second-order valence-corrected chi connectivity index (χ2v) is 2.99. The minimum atomic E-state index is -0.261. The second-order valence-electron chi connectivity index (χ2n) is 2.99. The lowest BCUT2D eigenvalue weighted by molar-refractivity contribution is 0.502. The average Bonchev–Trinajstić information content (AvgIpc) is 2.59. The summed E-state index contributed by atoms with van der Waals surface area (Å²) in [5, 5.41) is 0. The molecule has 82 valence electrons. The van der Waals surface area contributed by atoms with E-state index in [0.29, 0.717) is 5.58 Å². The summed E-state index contributed by atoms with van der Waals surface area (Å²) in [5.74, 6) is -0.261. The summed E-state index contributed by atoms with van der Waals surface area (Å²) in [7, 11) is 0. The Hall–Kier alpha value is -1.51. The van der Waals surface area contributed by atoms with Gasteiger partial charge in [0.1, 0.15) is 0 Å². The van der Waals surface area contributed by atoms with Crippen molar-refractivity contribution in [2.24, 2.45) is 0 Å². The summed E-state index contributed by atoms with van der Waals surface area (Å²) < 4.78 is 6.72. The predicted octanol–water partition coefficient (Wildman–Crippen LogP) is 3.03. The van der Waals surface area contributed by atoms with Gasteiger partial charge in [0.15, 0.2) is 5.58 Å². The van der Waals surface area contributed by atoms with Crippen LogP contribution < -0.4 is 5.76 Å². The molecule has 1 heterocycles. The third-order valence-electron chi connectivity index (χ3n) is 2.02. The molecule has 0 fully saturated rings. The van der Waals surface area contributed by atoms with E-state index in [1.165, 1.54) is 0 Å². The predicted molar refractivity (Wildman–Crippen MR) is 62.1 cm³/mol. The fraction of sp³-hybridized carbons (Fsp3) is 0.417. The molecular formula is C12H17NO2. The topological polar surface area (TPSA) is 35.1 Å². The van der Waals surface area contributed by atoms with Crippen LogP contribution in [-0.4, -0.2) is 4.57 Å². The monoisotopic (exact) mass is 207 g/mol. The molecule has 0 saturated carbocycles. The highest BCUT2D eigenvalue weighted by atomic mass is 16.4. The lowest BCUT2D eigenvalue weighted by atomic mass is 10.3. The summed E-state index contributed by atoms with van der Waals surface area (Å²) >= 11 is 0. The summed E-state index contributed by atoms with van der Waals surface area (Å²) in [6.07, 6.45) is 0.934. The summed E-state index contributed by atoms with van der Waals surface area (Å²) in [6.45, 7) is 6.75. The Labute approximate surface area is 89.3 Å². The molecule has 0 aliphatic carbocycles. The zero-order valence-corrected chi connectivity index (χ0v) is 9.49. The number of rotatable bonds is 2. The van der Waals surface area contributed by atoms with Gasteiger partial charge in [0.05, 0.1) is 5.52 Å². The Bertz CT molecular complexity index is 468. The molecule has 0 amide bonds. The maximum Gasteiger partial charge on any atom is 0.419 e. The van der Waals surface area contributed by atoms with Gasteiger partial charge in [-0.25, -0.2) is 4.79 Å². The Morgan fingerprint density at radius 3 is 2.60 bits per heavy atom. The largest absolute Gasteiger partial charge is 0.419 e. The first-order chi connectivity index (χ1) is 7.33. The molecule has 3 heteroatoms. The van der Waals surface area contributed by atoms with Crippen LogP contribution in [0.2, 0.25) is 0 Å². The molecular weight excluding hydrogens is 190 g/mol. The Balaban J connectivity index is 0.000000531. The van der Waals surface area contributed by atoms with Crippen LogP contribution in [0.25, 0.3) is 11.1 Å². The molecule has 0 bridgehead atoms. The van der Waals surface area contributed by atoms with Gasteiger partial charge in [0.25, 0.3) is 0 Å². The third kappa shape index (κ3) is 2.29. The third-order valence-corrected chi connectivity index (χ3v) is 2.02. The van der Waals surface area contributed by atoms with Crippen molar-refractivity contribution in [1.29, 1.82) is 0 Å². The Morgan fingerprint density at radius 2 is 1.93 bits per heavy atom. The first-order valence-electron chi connectivity index (χ1n) is 5.41. The number of hydrogen-bond donors (Lipinski definition) is 0. The van der Waals surface area contributed by atoms with Crippen molar-refractivity contribution >= 4 is 11.1 Å². The van der Waals surface area contributed by atoms with E-state index in [1.54, 1.807) is 4.57 Å². The van der Waals surface area contributed by atoms with Gasteiger partial charge in [-0.1, -0.05) is 32.9 Å². The minimum absolute atomic E-state index is 0.261. The van der Waals surface area contributed by atoms with Gasteiger partial charge in [0, 0.05) is 6.54 Å². The molecule has 3 nitrogen and oxygen atoms in total. The second kappa shape index (κ2) is 5.39. The molecule has 0 aliphatic heterocycles. The van der Waals surface area contributed by atoms with Gasteiger partial charge in [-0.3, -0.25) is 4.57 Å². The van der Waals surface area contributed by atoms with Crippen LogP contribution in [0.15, 0.2) is 33.5 Å². The number of nitrogens with zero attached hydrogens (tertiary/aromatic N) is 1. The highest BCUT2D eigenvalue weighted by Gasteiger charge is 2.05. The molecule has 0 atom stereocenters. The van der Waals surface area contributed by atoms with E-state index in [1.807, 2.05) is 45.0 Å². The maximum absolute atomic E-state index is 11.3. The highest BCUT2D eigenvalue weighted by Crippen LogP contribution is 2.11. The molecule has 2 aromatic rings.